The monoisotopic (exact) mass is 305 g/mol. The topological polar surface area (TPSA) is 54.2 Å². The van der Waals surface area contributed by atoms with Gasteiger partial charge in [-0.15, -0.1) is 0 Å². The molecule has 0 radical (unpaired) electrons. The van der Waals surface area contributed by atoms with Gasteiger partial charge in [0.15, 0.2) is 11.5 Å². The predicted molar refractivity (Wildman–Crippen MR) is 90.4 cm³/mol. The van der Waals surface area contributed by atoms with Crippen LogP contribution in [0.3, 0.4) is 0 Å². The molecule has 114 valence electrons. The summed E-state index contributed by atoms with van der Waals surface area (Å²) in [6.45, 7) is 3.90. The van der Waals surface area contributed by atoms with E-state index in [0.717, 1.165) is 30.4 Å². The Morgan fingerprint density at radius 2 is 2.14 bits per heavy atom. The Labute approximate surface area is 129 Å². The van der Waals surface area contributed by atoms with E-state index in [0.29, 0.717) is 4.75 Å². The van der Waals surface area contributed by atoms with E-state index >= 15 is 0 Å². The fourth-order valence-corrected chi connectivity index (χ4v) is 3.95. The van der Waals surface area contributed by atoms with Gasteiger partial charge >= 0.3 is 0 Å². The van der Waals surface area contributed by atoms with Gasteiger partial charge in [-0.2, -0.15) is 11.8 Å². The van der Waals surface area contributed by atoms with Gasteiger partial charge < -0.3 is 15.0 Å². The van der Waals surface area contributed by atoms with Crippen LogP contribution in [0.2, 0.25) is 0 Å². The summed E-state index contributed by atoms with van der Waals surface area (Å²) in [5.41, 5.74) is 0.894. The zero-order valence-corrected chi connectivity index (χ0v) is 13.5. The molecule has 0 bridgehead atoms. The summed E-state index contributed by atoms with van der Waals surface area (Å²) in [7, 11) is 0. The maximum absolute atomic E-state index is 4.67. The molecule has 0 spiro atoms. The Morgan fingerprint density at radius 1 is 1.33 bits per heavy atom. The van der Waals surface area contributed by atoms with Crippen LogP contribution >= 0.6 is 11.8 Å². The average Bonchev–Trinajstić information content (AvgIpc) is 3.15. The lowest BCUT2D eigenvalue weighted by atomic mass is 10.1. The lowest BCUT2D eigenvalue weighted by Crippen LogP contribution is -2.30. The second kappa shape index (κ2) is 6.13. The first-order valence-electron chi connectivity index (χ1n) is 7.63. The highest BCUT2D eigenvalue weighted by atomic mass is 32.2. The zero-order valence-electron chi connectivity index (χ0n) is 12.7. The average molecular weight is 305 g/mol. The van der Waals surface area contributed by atoms with Crippen LogP contribution < -0.4 is 10.6 Å². The van der Waals surface area contributed by atoms with Crippen molar-refractivity contribution in [3.05, 3.63) is 18.6 Å². The minimum absolute atomic E-state index is 0.361. The summed E-state index contributed by atoms with van der Waals surface area (Å²) in [4.78, 5) is 9.09. The van der Waals surface area contributed by atoms with Crippen LogP contribution in [0.1, 0.15) is 32.6 Å². The van der Waals surface area contributed by atoms with Gasteiger partial charge in [-0.3, -0.25) is 0 Å². The van der Waals surface area contributed by atoms with Gasteiger partial charge in [-0.1, -0.05) is 12.8 Å². The number of thioether (sulfide) groups is 1. The highest BCUT2D eigenvalue weighted by Crippen LogP contribution is 2.40. The Bertz CT molecular complexity index is 603. The van der Waals surface area contributed by atoms with Gasteiger partial charge in [0.05, 0.1) is 6.20 Å². The van der Waals surface area contributed by atoms with E-state index in [9.17, 15) is 0 Å². The third-order valence-corrected chi connectivity index (χ3v) is 5.68. The molecule has 3 rings (SSSR count). The maximum Gasteiger partial charge on any atom is 0.180 e. The molecule has 1 fully saturated rings. The van der Waals surface area contributed by atoms with Crippen molar-refractivity contribution in [2.75, 3.05) is 30.0 Å². The molecular weight excluding hydrogens is 282 g/mol. The van der Waals surface area contributed by atoms with Crippen molar-refractivity contribution >= 4 is 29.0 Å². The number of hydrogen-bond acceptors (Lipinski definition) is 5. The number of rotatable bonds is 6. The minimum atomic E-state index is 0.361. The maximum atomic E-state index is 4.67. The number of nitrogens with one attached hydrogen (secondary N) is 2. The van der Waals surface area contributed by atoms with E-state index in [2.05, 4.69) is 33.8 Å². The van der Waals surface area contributed by atoms with Crippen LogP contribution in [0, 0.1) is 0 Å². The van der Waals surface area contributed by atoms with E-state index in [4.69, 9.17) is 0 Å². The van der Waals surface area contributed by atoms with E-state index in [-0.39, 0.29) is 0 Å². The first kappa shape index (κ1) is 14.5. The molecule has 2 N–H and O–H groups in total. The fourth-order valence-electron chi connectivity index (χ4n) is 3.03. The molecule has 0 aromatic carbocycles. The first-order chi connectivity index (χ1) is 10.3. The number of fused-ring (bicyclic) bond motifs is 1. The molecule has 1 saturated carbocycles. The van der Waals surface area contributed by atoms with E-state index in [1.54, 1.807) is 0 Å². The van der Waals surface area contributed by atoms with Gasteiger partial charge in [0.1, 0.15) is 5.82 Å². The summed E-state index contributed by atoms with van der Waals surface area (Å²) >= 11 is 1.99. The Hall–Kier alpha value is -1.43. The molecule has 6 heteroatoms. The second-order valence-corrected chi connectivity index (χ2v) is 6.89. The molecule has 2 heterocycles. The lowest BCUT2D eigenvalue weighted by Gasteiger charge is -2.27. The number of aromatic nitrogens is 3. The van der Waals surface area contributed by atoms with Gasteiger partial charge in [0.25, 0.3) is 0 Å². The van der Waals surface area contributed by atoms with Crippen molar-refractivity contribution in [1.29, 1.82) is 0 Å². The third kappa shape index (κ3) is 2.95. The van der Waals surface area contributed by atoms with Crippen molar-refractivity contribution in [2.45, 2.75) is 37.4 Å². The largest absolute Gasteiger partial charge is 0.369 e. The van der Waals surface area contributed by atoms with E-state index in [1.807, 2.05) is 34.8 Å². The summed E-state index contributed by atoms with van der Waals surface area (Å²) in [5, 5.41) is 6.83. The quantitative estimate of drug-likeness (QED) is 0.858. The first-order valence-corrected chi connectivity index (χ1v) is 8.85. The summed E-state index contributed by atoms with van der Waals surface area (Å²) in [6, 6.07) is 0. The van der Waals surface area contributed by atoms with Crippen molar-refractivity contribution in [3.8, 4) is 0 Å². The van der Waals surface area contributed by atoms with Crippen molar-refractivity contribution in [2.24, 2.45) is 0 Å². The van der Waals surface area contributed by atoms with Gasteiger partial charge in [-0.25, -0.2) is 9.97 Å². The highest BCUT2D eigenvalue weighted by molar-refractivity contribution is 8.00. The predicted octanol–water partition coefficient (Wildman–Crippen LogP) is 3.25. The minimum Gasteiger partial charge on any atom is -0.369 e. The number of anilines is 2. The standard InChI is InChI=1S/C15H23N5S/c1-3-16-12-10-20-9-8-17-14(20)13(19-12)18-11-15(21-2)6-4-5-7-15/h8-10,16H,3-7,11H2,1-2H3,(H,18,19). The Balaban J connectivity index is 1.83. The molecular formula is C15H23N5S. The lowest BCUT2D eigenvalue weighted by molar-refractivity contribution is 0.639. The molecule has 2 aromatic heterocycles. The fraction of sp³-hybridized carbons (Fsp3) is 0.600. The van der Waals surface area contributed by atoms with Crippen LogP contribution in [0.5, 0.6) is 0 Å². The van der Waals surface area contributed by atoms with Crippen molar-refractivity contribution < 1.29 is 0 Å². The van der Waals surface area contributed by atoms with E-state index in [1.165, 1.54) is 25.7 Å². The van der Waals surface area contributed by atoms with Crippen LogP contribution in [-0.4, -0.2) is 38.5 Å². The summed E-state index contributed by atoms with van der Waals surface area (Å²) in [6.07, 6.45) is 13.2. The van der Waals surface area contributed by atoms with Crippen molar-refractivity contribution in [1.82, 2.24) is 14.4 Å². The van der Waals surface area contributed by atoms with Crippen LogP contribution in [0.4, 0.5) is 11.6 Å². The number of nitrogens with zero attached hydrogens (tertiary/aromatic N) is 3. The van der Waals surface area contributed by atoms with Gasteiger partial charge in [0, 0.05) is 30.2 Å². The number of imidazole rings is 1. The normalized spacial score (nSPS) is 17.2. The molecule has 0 unspecified atom stereocenters. The molecule has 21 heavy (non-hydrogen) atoms. The third-order valence-electron chi connectivity index (χ3n) is 4.26. The highest BCUT2D eigenvalue weighted by Gasteiger charge is 2.33. The second-order valence-electron chi connectivity index (χ2n) is 5.61. The molecule has 2 aromatic rings. The molecule has 1 aliphatic rings. The molecule has 0 saturated heterocycles. The molecule has 0 aliphatic heterocycles. The SMILES string of the molecule is CCNc1cn2ccnc2c(NCC2(SC)CCCC2)n1. The van der Waals surface area contributed by atoms with Crippen molar-refractivity contribution in [3.63, 3.8) is 0 Å². The van der Waals surface area contributed by atoms with Crippen LogP contribution in [-0.2, 0) is 0 Å². The molecule has 1 aliphatic carbocycles. The Kier molecular flexibility index (Phi) is 4.24. The Morgan fingerprint density at radius 3 is 2.86 bits per heavy atom. The van der Waals surface area contributed by atoms with Gasteiger partial charge in [0.2, 0.25) is 0 Å². The molecule has 0 atom stereocenters. The number of hydrogen-bond donors (Lipinski definition) is 2. The van der Waals surface area contributed by atoms with Crippen LogP contribution in [0.25, 0.3) is 5.65 Å². The molecule has 5 nitrogen and oxygen atoms in total. The molecule has 0 amide bonds. The summed E-state index contributed by atoms with van der Waals surface area (Å²) in [5.74, 6) is 1.76. The van der Waals surface area contributed by atoms with Crippen LogP contribution in [0.15, 0.2) is 18.6 Å². The zero-order chi connectivity index (χ0) is 14.7. The van der Waals surface area contributed by atoms with Gasteiger partial charge in [-0.05, 0) is 26.0 Å². The smallest absolute Gasteiger partial charge is 0.180 e. The summed E-state index contributed by atoms with van der Waals surface area (Å²) < 4.78 is 2.38. The van der Waals surface area contributed by atoms with E-state index < -0.39 is 0 Å².